The average molecular weight is 358 g/mol. The molecular weight excluding hydrogens is 338 g/mol. The minimum Gasteiger partial charge on any atom is -0.465 e. The Morgan fingerprint density at radius 3 is 2.80 bits per heavy atom. The van der Waals surface area contributed by atoms with Crippen LogP contribution >= 0.6 is 11.6 Å². The maximum absolute atomic E-state index is 11.6. The van der Waals surface area contributed by atoms with Crippen molar-refractivity contribution in [2.24, 2.45) is 0 Å². The summed E-state index contributed by atoms with van der Waals surface area (Å²) in [6.45, 7) is 2.29. The molecule has 3 heterocycles. The Hall–Kier alpha value is -2.27. The second-order valence-electron chi connectivity index (χ2n) is 6.64. The molecule has 1 amide bonds. The lowest BCUT2D eigenvalue weighted by molar-refractivity contribution is 0.140. The van der Waals surface area contributed by atoms with Gasteiger partial charge in [-0.2, -0.15) is 0 Å². The van der Waals surface area contributed by atoms with Crippen LogP contribution in [0.5, 0.6) is 0 Å². The highest BCUT2D eigenvalue weighted by Crippen LogP contribution is 2.39. The molecule has 2 aromatic rings. The first-order chi connectivity index (χ1) is 12.1. The van der Waals surface area contributed by atoms with Crippen LogP contribution in [0, 0.1) is 0 Å². The van der Waals surface area contributed by atoms with E-state index in [1.165, 1.54) is 11.1 Å². The highest BCUT2D eigenvalue weighted by atomic mass is 35.5. The van der Waals surface area contributed by atoms with Gasteiger partial charge in [-0.05, 0) is 60.2 Å². The molecule has 5 nitrogen and oxygen atoms in total. The largest absolute Gasteiger partial charge is 0.465 e. The average Bonchev–Trinajstić information content (AvgIpc) is 3.11. The molecule has 2 aliphatic heterocycles. The van der Waals surface area contributed by atoms with E-state index >= 15 is 0 Å². The van der Waals surface area contributed by atoms with Crippen LogP contribution < -0.4 is 4.90 Å². The number of carboxylic acid groups (broad SMARTS) is 1. The predicted octanol–water partition coefficient (Wildman–Crippen LogP) is 4.11. The summed E-state index contributed by atoms with van der Waals surface area (Å²) in [5.41, 5.74) is 4.68. The summed E-state index contributed by atoms with van der Waals surface area (Å²) in [6.07, 6.45) is 5.41. The maximum atomic E-state index is 11.6. The van der Waals surface area contributed by atoms with Crippen molar-refractivity contribution in [1.29, 1.82) is 0 Å². The molecule has 1 N–H and O–H groups in total. The van der Waals surface area contributed by atoms with Crippen molar-refractivity contribution in [2.75, 3.05) is 18.0 Å². The third-order valence-corrected chi connectivity index (χ3v) is 5.45. The number of halogens is 1. The lowest BCUT2D eigenvalue weighted by atomic mass is 9.90. The summed E-state index contributed by atoms with van der Waals surface area (Å²) in [7, 11) is 0. The lowest BCUT2D eigenvalue weighted by Gasteiger charge is -2.34. The molecular formula is C19H20ClN3O2. The van der Waals surface area contributed by atoms with Gasteiger partial charge in [0.2, 0.25) is 0 Å². The molecule has 0 spiro atoms. The van der Waals surface area contributed by atoms with E-state index in [4.69, 9.17) is 11.6 Å². The minimum absolute atomic E-state index is 0.0951. The monoisotopic (exact) mass is 357 g/mol. The zero-order valence-corrected chi connectivity index (χ0v) is 14.6. The number of nitrogens with zero attached hydrogens (tertiary/aromatic N) is 3. The fourth-order valence-corrected chi connectivity index (χ4v) is 4.30. The Kier molecular flexibility index (Phi) is 4.25. The SMILES string of the molecule is O=C(O)N1CCCC1c1cc(Cl)cc2c1CN(c1ccncc1)CC2. The van der Waals surface area contributed by atoms with Crippen LogP contribution in [0.2, 0.25) is 5.02 Å². The maximum Gasteiger partial charge on any atom is 0.407 e. The van der Waals surface area contributed by atoms with E-state index < -0.39 is 6.09 Å². The van der Waals surface area contributed by atoms with E-state index in [-0.39, 0.29) is 6.04 Å². The van der Waals surface area contributed by atoms with Crippen molar-refractivity contribution in [2.45, 2.75) is 31.8 Å². The van der Waals surface area contributed by atoms with Gasteiger partial charge < -0.3 is 14.9 Å². The number of fused-ring (bicyclic) bond motifs is 1. The van der Waals surface area contributed by atoms with Crippen molar-refractivity contribution in [1.82, 2.24) is 9.88 Å². The quantitative estimate of drug-likeness (QED) is 0.878. The number of likely N-dealkylation sites (tertiary alicyclic amines) is 1. The number of amides is 1. The van der Waals surface area contributed by atoms with Crippen LogP contribution in [0.1, 0.15) is 35.6 Å². The molecule has 1 unspecified atom stereocenters. The van der Waals surface area contributed by atoms with Crippen LogP contribution in [0.4, 0.5) is 10.5 Å². The van der Waals surface area contributed by atoms with Crippen molar-refractivity contribution >= 4 is 23.4 Å². The molecule has 130 valence electrons. The molecule has 1 atom stereocenters. The second-order valence-corrected chi connectivity index (χ2v) is 7.08. The molecule has 2 aliphatic rings. The highest BCUT2D eigenvalue weighted by molar-refractivity contribution is 6.30. The number of carbonyl (C=O) groups is 1. The van der Waals surface area contributed by atoms with Gasteiger partial charge in [-0.3, -0.25) is 4.98 Å². The molecule has 25 heavy (non-hydrogen) atoms. The number of rotatable bonds is 2. The van der Waals surface area contributed by atoms with Gasteiger partial charge in [-0.25, -0.2) is 4.79 Å². The van der Waals surface area contributed by atoms with Gasteiger partial charge in [0.1, 0.15) is 0 Å². The van der Waals surface area contributed by atoms with Crippen LogP contribution in [0.15, 0.2) is 36.7 Å². The highest BCUT2D eigenvalue weighted by Gasteiger charge is 2.33. The van der Waals surface area contributed by atoms with Crippen LogP contribution in [0.25, 0.3) is 0 Å². The molecule has 4 rings (SSSR count). The number of benzene rings is 1. The van der Waals surface area contributed by atoms with E-state index in [0.717, 1.165) is 43.6 Å². The van der Waals surface area contributed by atoms with E-state index in [2.05, 4.69) is 9.88 Å². The lowest BCUT2D eigenvalue weighted by Crippen LogP contribution is -2.34. The number of hydrogen-bond acceptors (Lipinski definition) is 3. The third kappa shape index (κ3) is 3.04. The summed E-state index contributed by atoms with van der Waals surface area (Å²) in [6, 6.07) is 7.92. The number of pyridine rings is 1. The summed E-state index contributed by atoms with van der Waals surface area (Å²) >= 11 is 6.35. The zero-order valence-electron chi connectivity index (χ0n) is 13.9. The van der Waals surface area contributed by atoms with E-state index in [1.54, 1.807) is 17.3 Å². The van der Waals surface area contributed by atoms with Crippen molar-refractivity contribution < 1.29 is 9.90 Å². The first-order valence-electron chi connectivity index (χ1n) is 8.59. The topological polar surface area (TPSA) is 56.7 Å². The standard InChI is InChI=1S/C19H20ClN3O2/c20-14-10-13-5-9-22(15-3-6-21-7-4-15)12-17(13)16(11-14)18-2-1-8-23(18)19(24)25/h3-4,6-7,10-11,18H,1-2,5,8-9,12H2,(H,24,25). The van der Waals surface area contributed by atoms with Gasteiger partial charge >= 0.3 is 6.09 Å². The number of hydrogen-bond donors (Lipinski definition) is 1. The number of anilines is 1. The second kappa shape index (κ2) is 6.56. The van der Waals surface area contributed by atoms with Crippen molar-refractivity contribution in [3.63, 3.8) is 0 Å². The smallest absolute Gasteiger partial charge is 0.407 e. The Morgan fingerprint density at radius 1 is 1.24 bits per heavy atom. The molecule has 1 fully saturated rings. The van der Waals surface area contributed by atoms with Gasteiger partial charge in [0.05, 0.1) is 6.04 Å². The Morgan fingerprint density at radius 2 is 2.04 bits per heavy atom. The molecule has 1 aromatic carbocycles. The van der Waals surface area contributed by atoms with E-state index in [1.807, 2.05) is 24.3 Å². The van der Waals surface area contributed by atoms with Crippen LogP contribution in [-0.2, 0) is 13.0 Å². The molecule has 0 aliphatic carbocycles. The Balaban J connectivity index is 1.72. The minimum atomic E-state index is -0.849. The van der Waals surface area contributed by atoms with Gasteiger partial charge in [0, 0.05) is 42.7 Å². The molecule has 1 saturated heterocycles. The van der Waals surface area contributed by atoms with Crippen LogP contribution in [0.3, 0.4) is 0 Å². The molecule has 6 heteroatoms. The van der Waals surface area contributed by atoms with Gasteiger partial charge in [-0.1, -0.05) is 11.6 Å². The Labute approximate surface area is 151 Å². The van der Waals surface area contributed by atoms with Gasteiger partial charge in [-0.15, -0.1) is 0 Å². The fourth-order valence-electron chi connectivity index (χ4n) is 4.05. The molecule has 0 saturated carbocycles. The molecule has 1 aromatic heterocycles. The van der Waals surface area contributed by atoms with E-state index in [9.17, 15) is 9.90 Å². The summed E-state index contributed by atoms with van der Waals surface area (Å²) in [4.78, 5) is 19.6. The molecule has 0 bridgehead atoms. The Bertz CT molecular complexity index is 797. The summed E-state index contributed by atoms with van der Waals surface area (Å²) < 4.78 is 0. The predicted molar refractivity (Wildman–Crippen MR) is 97.1 cm³/mol. The third-order valence-electron chi connectivity index (χ3n) is 5.23. The van der Waals surface area contributed by atoms with Crippen molar-refractivity contribution in [3.8, 4) is 0 Å². The molecule has 0 radical (unpaired) electrons. The van der Waals surface area contributed by atoms with Crippen LogP contribution in [-0.4, -0.2) is 34.2 Å². The first-order valence-corrected chi connectivity index (χ1v) is 8.97. The van der Waals surface area contributed by atoms with Gasteiger partial charge in [0.15, 0.2) is 0 Å². The normalized spacial score (nSPS) is 19.8. The summed E-state index contributed by atoms with van der Waals surface area (Å²) in [5.74, 6) is 0. The summed E-state index contributed by atoms with van der Waals surface area (Å²) in [5, 5.41) is 10.2. The van der Waals surface area contributed by atoms with Crippen molar-refractivity contribution in [3.05, 3.63) is 58.4 Å². The zero-order chi connectivity index (χ0) is 17.4. The first kappa shape index (κ1) is 16.2. The number of aromatic nitrogens is 1. The fraction of sp³-hybridized carbons (Fsp3) is 0.368. The van der Waals surface area contributed by atoms with E-state index in [0.29, 0.717) is 11.6 Å². The van der Waals surface area contributed by atoms with Gasteiger partial charge in [0.25, 0.3) is 0 Å².